The summed E-state index contributed by atoms with van der Waals surface area (Å²) in [6, 6.07) is 8.57. The van der Waals surface area contributed by atoms with Crippen molar-refractivity contribution in [2.75, 3.05) is 0 Å². The molecule has 0 aliphatic heterocycles. The minimum Gasteiger partial charge on any atom is -0.343 e. The number of carbonyl (C=O) groups excluding carboxylic acids is 2. The Labute approximate surface area is 111 Å². The van der Waals surface area contributed by atoms with Crippen LogP contribution in [0.5, 0.6) is 0 Å². The number of pyridine rings is 1. The number of nitrogens with one attached hydrogen (secondary N) is 1. The van der Waals surface area contributed by atoms with E-state index in [-0.39, 0.29) is 11.7 Å². The highest BCUT2D eigenvalue weighted by atomic mass is 16.2. The quantitative estimate of drug-likeness (QED) is 0.913. The fourth-order valence-electron chi connectivity index (χ4n) is 1.88. The molecule has 19 heavy (non-hydrogen) atoms. The van der Waals surface area contributed by atoms with Gasteiger partial charge in [0, 0.05) is 23.6 Å². The van der Waals surface area contributed by atoms with E-state index in [0.29, 0.717) is 12.0 Å². The van der Waals surface area contributed by atoms with Crippen molar-refractivity contribution in [1.29, 1.82) is 0 Å². The topological polar surface area (TPSA) is 59.1 Å². The van der Waals surface area contributed by atoms with Crippen LogP contribution in [0.2, 0.25) is 0 Å². The van der Waals surface area contributed by atoms with Crippen molar-refractivity contribution >= 4 is 22.6 Å². The molecule has 1 atom stereocenters. The van der Waals surface area contributed by atoms with Crippen molar-refractivity contribution < 1.29 is 9.59 Å². The molecule has 0 aliphatic carbocycles. The summed E-state index contributed by atoms with van der Waals surface area (Å²) in [6.45, 7) is 3.49. The van der Waals surface area contributed by atoms with Gasteiger partial charge in [-0.15, -0.1) is 0 Å². The van der Waals surface area contributed by atoms with Gasteiger partial charge in [-0.05, 0) is 31.2 Å². The lowest BCUT2D eigenvalue weighted by Crippen LogP contribution is -2.38. The maximum Gasteiger partial charge on any atom is 0.251 e. The molecule has 1 aromatic heterocycles. The molecule has 1 amide bonds. The zero-order valence-electron chi connectivity index (χ0n) is 11.0. The standard InChI is InChI=1S/C15H16N2O2/c1-3-14(18)10(2)17-15(19)12-6-7-13-11(9-12)5-4-8-16-13/h4-10H,3H2,1-2H3,(H,17,19). The molecule has 0 aliphatic rings. The zero-order valence-corrected chi connectivity index (χ0v) is 11.0. The number of benzene rings is 1. The first kappa shape index (κ1) is 13.2. The first-order chi connectivity index (χ1) is 9.11. The Morgan fingerprint density at radius 3 is 2.84 bits per heavy atom. The second kappa shape index (κ2) is 5.61. The van der Waals surface area contributed by atoms with Gasteiger partial charge in [0.2, 0.25) is 0 Å². The first-order valence-corrected chi connectivity index (χ1v) is 6.30. The van der Waals surface area contributed by atoms with Gasteiger partial charge in [0.15, 0.2) is 5.78 Å². The highest BCUT2D eigenvalue weighted by molar-refractivity contribution is 6.00. The highest BCUT2D eigenvalue weighted by Crippen LogP contribution is 2.13. The van der Waals surface area contributed by atoms with Crippen molar-refractivity contribution in [1.82, 2.24) is 10.3 Å². The maximum absolute atomic E-state index is 12.0. The molecule has 0 radical (unpaired) electrons. The largest absolute Gasteiger partial charge is 0.343 e. The predicted molar refractivity (Wildman–Crippen MR) is 74.0 cm³/mol. The molecule has 0 saturated heterocycles. The number of nitrogens with zero attached hydrogens (tertiary/aromatic N) is 1. The fraction of sp³-hybridized carbons (Fsp3) is 0.267. The lowest BCUT2D eigenvalue weighted by atomic mass is 10.1. The number of carbonyl (C=O) groups is 2. The van der Waals surface area contributed by atoms with Crippen molar-refractivity contribution in [2.24, 2.45) is 0 Å². The monoisotopic (exact) mass is 256 g/mol. The summed E-state index contributed by atoms with van der Waals surface area (Å²) in [4.78, 5) is 27.7. The number of Topliss-reactive ketones (excluding diaryl/α,β-unsaturated/α-hetero) is 1. The Hall–Kier alpha value is -2.23. The third-order valence-corrected chi connectivity index (χ3v) is 3.04. The molecule has 1 heterocycles. The number of fused-ring (bicyclic) bond motifs is 1. The number of hydrogen-bond donors (Lipinski definition) is 1. The molecule has 0 saturated carbocycles. The molecular weight excluding hydrogens is 240 g/mol. The van der Waals surface area contributed by atoms with Crippen molar-refractivity contribution in [3.8, 4) is 0 Å². The summed E-state index contributed by atoms with van der Waals surface area (Å²) in [7, 11) is 0. The van der Waals surface area contributed by atoms with Crippen LogP contribution in [-0.4, -0.2) is 22.7 Å². The Kier molecular flexibility index (Phi) is 3.90. The van der Waals surface area contributed by atoms with E-state index in [9.17, 15) is 9.59 Å². The smallest absolute Gasteiger partial charge is 0.251 e. The fourth-order valence-corrected chi connectivity index (χ4v) is 1.88. The van der Waals surface area contributed by atoms with E-state index in [4.69, 9.17) is 0 Å². The van der Waals surface area contributed by atoms with Crippen LogP contribution >= 0.6 is 0 Å². The van der Waals surface area contributed by atoms with Gasteiger partial charge in [-0.1, -0.05) is 13.0 Å². The van der Waals surface area contributed by atoms with E-state index < -0.39 is 6.04 Å². The summed E-state index contributed by atoms with van der Waals surface area (Å²) in [6.07, 6.45) is 2.13. The normalized spacial score (nSPS) is 12.1. The second-order valence-electron chi connectivity index (χ2n) is 4.43. The van der Waals surface area contributed by atoms with E-state index in [2.05, 4.69) is 10.3 Å². The molecule has 0 spiro atoms. The molecule has 0 bridgehead atoms. The highest BCUT2D eigenvalue weighted by Gasteiger charge is 2.15. The minimum absolute atomic E-state index is 0.0239. The van der Waals surface area contributed by atoms with Crippen LogP contribution in [0, 0.1) is 0 Å². The third kappa shape index (κ3) is 2.96. The van der Waals surface area contributed by atoms with E-state index in [1.54, 1.807) is 38.2 Å². The summed E-state index contributed by atoms with van der Waals surface area (Å²) in [5, 5.41) is 3.61. The van der Waals surface area contributed by atoms with Gasteiger partial charge in [0.1, 0.15) is 0 Å². The molecule has 1 aromatic carbocycles. The molecule has 4 heteroatoms. The van der Waals surface area contributed by atoms with Crippen LogP contribution in [0.3, 0.4) is 0 Å². The first-order valence-electron chi connectivity index (χ1n) is 6.30. The van der Waals surface area contributed by atoms with Crippen LogP contribution in [0.4, 0.5) is 0 Å². The third-order valence-electron chi connectivity index (χ3n) is 3.04. The van der Waals surface area contributed by atoms with Crippen LogP contribution < -0.4 is 5.32 Å². The summed E-state index contributed by atoms with van der Waals surface area (Å²) in [5.41, 5.74) is 1.38. The van der Waals surface area contributed by atoms with Gasteiger partial charge in [0.25, 0.3) is 5.91 Å². The van der Waals surface area contributed by atoms with Gasteiger partial charge in [-0.3, -0.25) is 14.6 Å². The average molecular weight is 256 g/mol. The molecule has 1 unspecified atom stereocenters. The van der Waals surface area contributed by atoms with Crippen molar-refractivity contribution in [3.05, 3.63) is 42.1 Å². The molecule has 2 aromatic rings. The number of hydrogen-bond acceptors (Lipinski definition) is 3. The van der Waals surface area contributed by atoms with E-state index >= 15 is 0 Å². The number of aromatic nitrogens is 1. The van der Waals surface area contributed by atoms with Gasteiger partial charge in [0.05, 0.1) is 11.6 Å². The Morgan fingerprint density at radius 2 is 2.11 bits per heavy atom. The van der Waals surface area contributed by atoms with E-state index in [1.165, 1.54) is 0 Å². The molecule has 98 valence electrons. The average Bonchev–Trinajstić information content (AvgIpc) is 2.45. The van der Waals surface area contributed by atoms with Crippen LogP contribution in [-0.2, 0) is 4.79 Å². The molecule has 4 nitrogen and oxygen atoms in total. The molecule has 1 N–H and O–H groups in total. The van der Waals surface area contributed by atoms with E-state index in [0.717, 1.165) is 10.9 Å². The molecule has 0 fully saturated rings. The predicted octanol–water partition coefficient (Wildman–Crippen LogP) is 2.33. The summed E-state index contributed by atoms with van der Waals surface area (Å²) in [5.74, 6) is -0.212. The number of ketones is 1. The maximum atomic E-state index is 12.0. The van der Waals surface area contributed by atoms with Crippen LogP contribution in [0.25, 0.3) is 10.9 Å². The van der Waals surface area contributed by atoms with Gasteiger partial charge >= 0.3 is 0 Å². The Bertz CT molecular complexity index is 622. The second-order valence-corrected chi connectivity index (χ2v) is 4.43. The number of rotatable bonds is 4. The molecular formula is C15H16N2O2. The zero-order chi connectivity index (χ0) is 13.8. The minimum atomic E-state index is -0.456. The van der Waals surface area contributed by atoms with Gasteiger partial charge in [-0.2, -0.15) is 0 Å². The van der Waals surface area contributed by atoms with E-state index in [1.807, 2.05) is 12.1 Å². The van der Waals surface area contributed by atoms with Gasteiger partial charge in [-0.25, -0.2) is 0 Å². The Morgan fingerprint density at radius 1 is 1.32 bits per heavy atom. The van der Waals surface area contributed by atoms with Crippen LogP contribution in [0.15, 0.2) is 36.5 Å². The van der Waals surface area contributed by atoms with Crippen molar-refractivity contribution in [2.45, 2.75) is 26.3 Å². The SMILES string of the molecule is CCC(=O)C(C)NC(=O)c1ccc2ncccc2c1. The molecule has 2 rings (SSSR count). The number of amides is 1. The lowest BCUT2D eigenvalue weighted by Gasteiger charge is -2.12. The summed E-state index contributed by atoms with van der Waals surface area (Å²) >= 11 is 0. The van der Waals surface area contributed by atoms with Gasteiger partial charge < -0.3 is 5.32 Å². The lowest BCUT2D eigenvalue weighted by molar-refractivity contribution is -0.120. The van der Waals surface area contributed by atoms with Crippen LogP contribution in [0.1, 0.15) is 30.6 Å². The van der Waals surface area contributed by atoms with Crippen molar-refractivity contribution in [3.63, 3.8) is 0 Å². The Balaban J connectivity index is 2.19. The summed E-state index contributed by atoms with van der Waals surface area (Å²) < 4.78 is 0.